The van der Waals surface area contributed by atoms with E-state index in [9.17, 15) is 0 Å². The topological polar surface area (TPSA) is 58.6 Å². The van der Waals surface area contributed by atoms with Crippen LogP contribution in [0.1, 0.15) is 0 Å². The summed E-state index contributed by atoms with van der Waals surface area (Å²) in [6.07, 6.45) is 1.42. The molecule has 0 heterocycles. The van der Waals surface area contributed by atoms with Crippen molar-refractivity contribution in [2.45, 2.75) is 0 Å². The summed E-state index contributed by atoms with van der Waals surface area (Å²) in [6.45, 7) is 0.365. The van der Waals surface area contributed by atoms with E-state index in [1.807, 2.05) is 0 Å². The minimum atomic E-state index is 0.365. The van der Waals surface area contributed by atoms with Crippen LogP contribution in [-0.2, 0) is 0 Å². The molecule has 0 aliphatic heterocycles. The molecule has 0 aromatic carbocycles. The molecule has 0 amide bonds. The summed E-state index contributed by atoms with van der Waals surface area (Å²) in [7, 11) is 0. The average Bonchev–Trinajstić information content (AvgIpc) is 1.61. The van der Waals surface area contributed by atoms with E-state index in [0.29, 0.717) is 6.54 Å². The third kappa shape index (κ3) is 3.21. The standard InChI is InChI=1S/C3H6N2O/c4-2-1-3-5-6/h1,6H,2,4H2. The highest BCUT2D eigenvalue weighted by Gasteiger charge is 1.53. The lowest BCUT2D eigenvalue weighted by atomic mass is 10.7. The monoisotopic (exact) mass is 86.0 g/mol. The molecule has 0 bridgehead atoms. The summed E-state index contributed by atoms with van der Waals surface area (Å²) in [4.78, 5) is 0. The SMILES string of the molecule is NCC=C=NO. The number of rotatable bonds is 1. The predicted molar refractivity (Wildman–Crippen MR) is 22.8 cm³/mol. The Hall–Kier alpha value is -0.790. The maximum atomic E-state index is 7.62. The summed E-state index contributed by atoms with van der Waals surface area (Å²) in [5.41, 5.74) is 4.93. The Morgan fingerprint density at radius 2 is 2.67 bits per heavy atom. The normalized spacial score (nSPS) is 6.17. The summed E-state index contributed by atoms with van der Waals surface area (Å²) in [5, 5.41) is 10.2. The van der Waals surface area contributed by atoms with Crippen LogP contribution in [-0.4, -0.2) is 17.6 Å². The summed E-state index contributed by atoms with van der Waals surface area (Å²) in [6, 6.07) is 0. The number of hydrogen-bond acceptors (Lipinski definition) is 3. The zero-order valence-corrected chi connectivity index (χ0v) is 3.26. The summed E-state index contributed by atoms with van der Waals surface area (Å²) < 4.78 is 0. The lowest BCUT2D eigenvalue weighted by Crippen LogP contribution is -1.91. The maximum absolute atomic E-state index is 7.62. The Morgan fingerprint density at radius 1 is 2.00 bits per heavy atom. The van der Waals surface area contributed by atoms with Crippen molar-refractivity contribution in [3.8, 4) is 0 Å². The van der Waals surface area contributed by atoms with Gasteiger partial charge in [0.05, 0.1) is 0 Å². The van der Waals surface area contributed by atoms with Gasteiger partial charge in [-0.1, -0.05) is 0 Å². The molecule has 0 aliphatic carbocycles. The van der Waals surface area contributed by atoms with Gasteiger partial charge in [-0.25, -0.2) is 0 Å². The molecule has 0 aromatic heterocycles. The minimum absolute atomic E-state index is 0.365. The smallest absolute Gasteiger partial charge is 0.0252 e. The van der Waals surface area contributed by atoms with Crippen molar-refractivity contribution in [2.24, 2.45) is 10.9 Å². The quantitative estimate of drug-likeness (QED) is 0.258. The van der Waals surface area contributed by atoms with Gasteiger partial charge in [0.15, 0.2) is 0 Å². The molecule has 3 N–H and O–H groups in total. The molecule has 0 unspecified atom stereocenters. The molecule has 0 radical (unpaired) electrons. The first-order chi connectivity index (χ1) is 2.91. The lowest BCUT2D eigenvalue weighted by molar-refractivity contribution is 0.323. The Balaban J connectivity index is 3.18. The van der Waals surface area contributed by atoms with E-state index >= 15 is 0 Å². The van der Waals surface area contributed by atoms with Crippen LogP contribution in [0.5, 0.6) is 0 Å². The second-order valence-corrected chi connectivity index (χ2v) is 0.669. The molecule has 34 valence electrons. The van der Waals surface area contributed by atoms with Gasteiger partial charge in [-0.15, -0.1) is 0 Å². The second-order valence-electron chi connectivity index (χ2n) is 0.669. The molecule has 0 aliphatic rings. The number of hydrogen-bond donors (Lipinski definition) is 2. The molecule has 0 fully saturated rings. The fourth-order valence-corrected chi connectivity index (χ4v) is 0.0935. The molecule has 0 aromatic rings. The highest BCUT2D eigenvalue weighted by Crippen LogP contribution is 1.45. The van der Waals surface area contributed by atoms with Crippen molar-refractivity contribution in [2.75, 3.05) is 6.54 Å². The highest BCUT2D eigenvalue weighted by atomic mass is 16.4. The van der Waals surface area contributed by atoms with Crippen LogP contribution >= 0.6 is 0 Å². The van der Waals surface area contributed by atoms with Crippen molar-refractivity contribution < 1.29 is 5.21 Å². The van der Waals surface area contributed by atoms with Crippen molar-refractivity contribution in [3.05, 3.63) is 6.08 Å². The van der Waals surface area contributed by atoms with Crippen LogP contribution in [0.2, 0.25) is 0 Å². The van der Waals surface area contributed by atoms with Gasteiger partial charge in [0.25, 0.3) is 0 Å². The Bertz CT molecular complexity index is 72.9. The predicted octanol–water partition coefficient (Wildman–Crippen LogP) is -0.440. The van der Waals surface area contributed by atoms with Crippen molar-refractivity contribution in [1.82, 2.24) is 0 Å². The van der Waals surface area contributed by atoms with Gasteiger partial charge in [0.1, 0.15) is 0 Å². The minimum Gasteiger partial charge on any atom is -0.404 e. The summed E-state index contributed by atoms with van der Waals surface area (Å²) in [5.74, 6) is 2.13. The van der Waals surface area contributed by atoms with Crippen molar-refractivity contribution in [1.29, 1.82) is 0 Å². The van der Waals surface area contributed by atoms with E-state index in [4.69, 9.17) is 10.9 Å². The Labute approximate surface area is 35.8 Å². The van der Waals surface area contributed by atoms with Crippen LogP contribution in [0.15, 0.2) is 11.2 Å². The fourth-order valence-electron chi connectivity index (χ4n) is 0.0935. The molecular weight excluding hydrogens is 80.0 g/mol. The molecule has 0 rings (SSSR count). The van der Waals surface area contributed by atoms with E-state index in [0.717, 1.165) is 0 Å². The first-order valence-electron chi connectivity index (χ1n) is 1.53. The largest absolute Gasteiger partial charge is 0.404 e. The third-order valence-corrected chi connectivity index (χ3v) is 0.267. The zero-order chi connectivity index (χ0) is 4.83. The van der Waals surface area contributed by atoms with Gasteiger partial charge >= 0.3 is 0 Å². The van der Waals surface area contributed by atoms with E-state index < -0.39 is 0 Å². The molecule has 0 atom stereocenters. The van der Waals surface area contributed by atoms with Gasteiger partial charge in [-0.05, 0) is 11.2 Å². The Morgan fingerprint density at radius 3 is 2.83 bits per heavy atom. The maximum Gasteiger partial charge on any atom is 0.0252 e. The van der Waals surface area contributed by atoms with Gasteiger partial charge in [0.2, 0.25) is 0 Å². The van der Waals surface area contributed by atoms with E-state index in [1.54, 1.807) is 0 Å². The third-order valence-electron chi connectivity index (χ3n) is 0.267. The molecule has 0 saturated carbocycles. The Kier molecular flexibility index (Phi) is 3.66. The lowest BCUT2D eigenvalue weighted by Gasteiger charge is -1.63. The zero-order valence-electron chi connectivity index (χ0n) is 3.26. The van der Waals surface area contributed by atoms with Crippen LogP contribution in [0.25, 0.3) is 0 Å². The number of nitrogens with zero attached hydrogens (tertiary/aromatic N) is 1. The first kappa shape index (κ1) is 5.21. The number of nitrogens with two attached hydrogens (primary N) is 1. The van der Waals surface area contributed by atoms with Crippen LogP contribution in [0, 0.1) is 0 Å². The molecule has 0 saturated heterocycles. The second kappa shape index (κ2) is 4.21. The molecule has 3 nitrogen and oxygen atoms in total. The molecule has 3 heteroatoms. The summed E-state index contributed by atoms with van der Waals surface area (Å²) >= 11 is 0. The van der Waals surface area contributed by atoms with Gasteiger partial charge in [-0.2, -0.15) is 0 Å². The van der Waals surface area contributed by atoms with Crippen molar-refractivity contribution in [3.63, 3.8) is 0 Å². The van der Waals surface area contributed by atoms with Gasteiger partial charge in [0, 0.05) is 12.4 Å². The van der Waals surface area contributed by atoms with E-state index in [-0.39, 0.29) is 0 Å². The van der Waals surface area contributed by atoms with Crippen LogP contribution in [0.4, 0.5) is 0 Å². The average molecular weight is 86.1 g/mol. The molecule has 6 heavy (non-hydrogen) atoms. The molecular formula is C3H6N2O. The van der Waals surface area contributed by atoms with Crippen molar-refractivity contribution >= 4 is 5.87 Å². The highest BCUT2D eigenvalue weighted by molar-refractivity contribution is 5.50. The van der Waals surface area contributed by atoms with E-state index in [2.05, 4.69) is 11.0 Å². The fraction of sp³-hybridized carbons (Fsp3) is 0.333. The van der Waals surface area contributed by atoms with Crippen LogP contribution in [0.3, 0.4) is 0 Å². The van der Waals surface area contributed by atoms with Gasteiger partial charge < -0.3 is 10.9 Å². The van der Waals surface area contributed by atoms with Gasteiger partial charge in [-0.3, -0.25) is 0 Å². The molecule has 0 spiro atoms. The first-order valence-corrected chi connectivity index (χ1v) is 1.53. The van der Waals surface area contributed by atoms with E-state index in [1.165, 1.54) is 6.08 Å². The van der Waals surface area contributed by atoms with Crippen LogP contribution < -0.4 is 5.73 Å².